The highest BCUT2D eigenvalue weighted by atomic mass is 15.1. The molecule has 0 atom stereocenters. The lowest BCUT2D eigenvalue weighted by atomic mass is 9.94. The number of nitrogens with zero attached hydrogens (tertiary/aromatic N) is 2. The Bertz CT molecular complexity index is 2910. The summed E-state index contributed by atoms with van der Waals surface area (Å²) in [5, 5.41) is 4.99. The molecule has 0 unspecified atom stereocenters. The van der Waals surface area contributed by atoms with E-state index in [0.29, 0.717) is 0 Å². The number of hydrogen-bond acceptors (Lipinski definition) is 1. The first-order valence-electron chi connectivity index (χ1n) is 18.5. The van der Waals surface area contributed by atoms with E-state index in [0.717, 1.165) is 22.7 Å². The Labute approximate surface area is 315 Å². The first kappa shape index (κ1) is 31.6. The predicted molar refractivity (Wildman–Crippen MR) is 229 cm³/mol. The zero-order chi connectivity index (χ0) is 35.8. The van der Waals surface area contributed by atoms with Gasteiger partial charge in [0.05, 0.1) is 11.0 Å². The summed E-state index contributed by atoms with van der Waals surface area (Å²) in [5.74, 6) is 0. The summed E-state index contributed by atoms with van der Waals surface area (Å²) >= 11 is 0. The fraction of sp³-hybridized carbons (Fsp3) is 0. The summed E-state index contributed by atoms with van der Waals surface area (Å²) in [6, 6.07) is 78.8. The standard InChI is InChI=1S/C52H36N2/c1-4-16-37(17-5-1)46-26-12-13-27-47(46)38-30-32-44(33-31-38)53(42-21-6-2-7-22-42)45-25-14-20-41(34-45)48-28-15-29-50-52(48)49-35-39-18-10-11-19-40(39)36-51(49)54(50)43-23-8-3-9-24-43/h1-36H. The minimum atomic E-state index is 1.10. The maximum Gasteiger partial charge on any atom is 0.0547 e. The van der Waals surface area contributed by atoms with Crippen molar-refractivity contribution in [2.75, 3.05) is 4.90 Å². The van der Waals surface area contributed by atoms with Crippen LogP contribution in [0.25, 0.3) is 71.6 Å². The van der Waals surface area contributed by atoms with Crippen LogP contribution >= 0.6 is 0 Å². The van der Waals surface area contributed by atoms with E-state index in [9.17, 15) is 0 Å². The Morgan fingerprint density at radius 3 is 1.56 bits per heavy atom. The summed E-state index contributed by atoms with van der Waals surface area (Å²) < 4.78 is 2.41. The molecular formula is C52H36N2. The van der Waals surface area contributed by atoms with Crippen molar-refractivity contribution >= 4 is 49.6 Å². The Balaban J connectivity index is 1.12. The lowest BCUT2D eigenvalue weighted by Gasteiger charge is -2.26. The van der Waals surface area contributed by atoms with Crippen LogP contribution in [-0.4, -0.2) is 4.57 Å². The first-order chi connectivity index (χ1) is 26.8. The van der Waals surface area contributed by atoms with Gasteiger partial charge in [0, 0.05) is 33.5 Å². The molecule has 0 N–H and O–H groups in total. The SMILES string of the molecule is c1ccc(-c2ccccc2-c2ccc(N(c3ccccc3)c3cccc(-c4cccc5c4c4cc6ccccc6cc4n5-c4ccccc4)c3)cc2)cc1. The highest BCUT2D eigenvalue weighted by molar-refractivity contribution is 6.18. The molecule has 2 heteroatoms. The highest BCUT2D eigenvalue weighted by Crippen LogP contribution is 2.43. The van der Waals surface area contributed by atoms with Gasteiger partial charge in [0.25, 0.3) is 0 Å². The topological polar surface area (TPSA) is 8.17 Å². The molecule has 0 aliphatic heterocycles. The van der Waals surface area contributed by atoms with Crippen LogP contribution in [0.2, 0.25) is 0 Å². The number of para-hydroxylation sites is 2. The minimum Gasteiger partial charge on any atom is -0.310 e. The van der Waals surface area contributed by atoms with Gasteiger partial charge in [0.1, 0.15) is 0 Å². The van der Waals surface area contributed by atoms with Gasteiger partial charge >= 0.3 is 0 Å². The van der Waals surface area contributed by atoms with Crippen LogP contribution in [0.5, 0.6) is 0 Å². The molecule has 0 saturated heterocycles. The van der Waals surface area contributed by atoms with Crippen LogP contribution in [0.15, 0.2) is 218 Å². The van der Waals surface area contributed by atoms with Crippen LogP contribution in [0.4, 0.5) is 17.1 Å². The normalized spacial score (nSPS) is 11.3. The van der Waals surface area contributed by atoms with E-state index >= 15 is 0 Å². The van der Waals surface area contributed by atoms with Gasteiger partial charge in [0.15, 0.2) is 0 Å². The molecule has 2 nitrogen and oxygen atoms in total. The maximum atomic E-state index is 2.41. The Hall–Kier alpha value is -7.16. The predicted octanol–water partition coefficient (Wildman–Crippen LogP) is 14.4. The average molecular weight is 689 g/mol. The fourth-order valence-electron chi connectivity index (χ4n) is 8.08. The van der Waals surface area contributed by atoms with Gasteiger partial charge in [-0.15, -0.1) is 0 Å². The lowest BCUT2D eigenvalue weighted by molar-refractivity contribution is 1.18. The van der Waals surface area contributed by atoms with Gasteiger partial charge in [-0.1, -0.05) is 152 Å². The summed E-state index contributed by atoms with van der Waals surface area (Å²) in [7, 11) is 0. The van der Waals surface area contributed by atoms with Crippen LogP contribution in [0.1, 0.15) is 0 Å². The van der Waals surface area contributed by atoms with Crippen molar-refractivity contribution < 1.29 is 0 Å². The van der Waals surface area contributed by atoms with Crippen molar-refractivity contribution in [3.63, 3.8) is 0 Å². The molecule has 0 fully saturated rings. The number of fused-ring (bicyclic) bond motifs is 4. The number of rotatable bonds is 7. The van der Waals surface area contributed by atoms with E-state index in [4.69, 9.17) is 0 Å². The number of benzene rings is 9. The molecule has 1 heterocycles. The molecule has 1 aromatic heterocycles. The molecule has 0 spiro atoms. The second kappa shape index (κ2) is 13.4. The van der Waals surface area contributed by atoms with E-state index in [2.05, 4.69) is 228 Å². The third-order valence-electron chi connectivity index (χ3n) is 10.6. The molecule has 0 aliphatic carbocycles. The Morgan fingerprint density at radius 2 is 0.833 bits per heavy atom. The van der Waals surface area contributed by atoms with Gasteiger partial charge in [-0.05, 0) is 111 Å². The number of aromatic nitrogens is 1. The van der Waals surface area contributed by atoms with Crippen LogP contribution < -0.4 is 4.90 Å². The van der Waals surface area contributed by atoms with Gasteiger partial charge in [-0.25, -0.2) is 0 Å². The molecule has 0 bridgehead atoms. The van der Waals surface area contributed by atoms with Crippen molar-refractivity contribution in [2.45, 2.75) is 0 Å². The minimum absolute atomic E-state index is 1.10. The van der Waals surface area contributed by atoms with Crippen LogP contribution in [-0.2, 0) is 0 Å². The molecule has 0 saturated carbocycles. The second-order valence-electron chi connectivity index (χ2n) is 13.8. The zero-order valence-electron chi connectivity index (χ0n) is 29.7. The molecule has 10 rings (SSSR count). The molecule has 0 radical (unpaired) electrons. The molecule has 0 amide bonds. The third kappa shape index (κ3) is 5.53. The first-order valence-corrected chi connectivity index (χ1v) is 18.5. The van der Waals surface area contributed by atoms with Gasteiger partial charge < -0.3 is 9.47 Å². The van der Waals surface area contributed by atoms with Crippen molar-refractivity contribution in [1.29, 1.82) is 0 Å². The monoisotopic (exact) mass is 688 g/mol. The quantitative estimate of drug-likeness (QED) is 0.162. The van der Waals surface area contributed by atoms with Gasteiger partial charge in [-0.3, -0.25) is 0 Å². The van der Waals surface area contributed by atoms with Crippen LogP contribution in [0.3, 0.4) is 0 Å². The molecule has 10 aromatic rings. The average Bonchev–Trinajstić information content (AvgIpc) is 3.57. The van der Waals surface area contributed by atoms with E-state index in [1.165, 1.54) is 66.0 Å². The smallest absolute Gasteiger partial charge is 0.0547 e. The molecule has 54 heavy (non-hydrogen) atoms. The van der Waals surface area contributed by atoms with E-state index in [1.807, 2.05) is 0 Å². The second-order valence-corrected chi connectivity index (χ2v) is 13.8. The summed E-state index contributed by atoms with van der Waals surface area (Å²) in [4.78, 5) is 2.36. The fourth-order valence-corrected chi connectivity index (χ4v) is 8.08. The summed E-state index contributed by atoms with van der Waals surface area (Å²) in [6.45, 7) is 0. The zero-order valence-corrected chi connectivity index (χ0v) is 29.7. The van der Waals surface area contributed by atoms with Gasteiger partial charge in [0.2, 0.25) is 0 Å². The molecular weight excluding hydrogens is 653 g/mol. The van der Waals surface area contributed by atoms with Gasteiger partial charge in [-0.2, -0.15) is 0 Å². The molecule has 9 aromatic carbocycles. The van der Waals surface area contributed by atoms with E-state index < -0.39 is 0 Å². The van der Waals surface area contributed by atoms with E-state index in [-0.39, 0.29) is 0 Å². The highest BCUT2D eigenvalue weighted by Gasteiger charge is 2.19. The number of anilines is 3. The largest absolute Gasteiger partial charge is 0.310 e. The summed E-state index contributed by atoms with van der Waals surface area (Å²) in [6.07, 6.45) is 0. The van der Waals surface area contributed by atoms with Crippen molar-refractivity contribution in [1.82, 2.24) is 4.57 Å². The van der Waals surface area contributed by atoms with Crippen molar-refractivity contribution in [3.8, 4) is 39.1 Å². The number of hydrogen-bond donors (Lipinski definition) is 0. The van der Waals surface area contributed by atoms with Crippen LogP contribution in [0, 0.1) is 0 Å². The van der Waals surface area contributed by atoms with Crippen molar-refractivity contribution in [3.05, 3.63) is 218 Å². The molecule has 0 aliphatic rings. The molecule has 254 valence electrons. The summed E-state index contributed by atoms with van der Waals surface area (Å²) in [5.41, 5.74) is 14.1. The Morgan fingerprint density at radius 1 is 0.315 bits per heavy atom. The maximum absolute atomic E-state index is 2.41. The van der Waals surface area contributed by atoms with E-state index in [1.54, 1.807) is 0 Å². The third-order valence-corrected chi connectivity index (χ3v) is 10.6. The Kier molecular flexibility index (Phi) is 7.85. The van der Waals surface area contributed by atoms with Crippen molar-refractivity contribution in [2.24, 2.45) is 0 Å². The lowest BCUT2D eigenvalue weighted by Crippen LogP contribution is -2.09.